The molecule has 1 aromatic rings. The smallest absolute Gasteiger partial charge is 0.306 e. The molecule has 104 valence electrons. The van der Waals surface area contributed by atoms with Crippen LogP contribution in [0.3, 0.4) is 0 Å². The van der Waals surface area contributed by atoms with Crippen molar-refractivity contribution in [1.29, 1.82) is 0 Å². The number of amides is 1. The standard InChI is InChI=1S/C15H21NO3/c1-3-19-15(18)10-9-14(17)16-12(2)11-13-7-5-4-6-8-13/h4-8,12H,3,9-11H2,1-2H3,(H,16,17). The van der Waals surface area contributed by atoms with Gasteiger partial charge < -0.3 is 10.1 Å². The van der Waals surface area contributed by atoms with E-state index in [1.165, 1.54) is 5.56 Å². The molecule has 0 spiro atoms. The number of carbonyl (C=O) groups excluding carboxylic acids is 2. The van der Waals surface area contributed by atoms with E-state index >= 15 is 0 Å². The van der Waals surface area contributed by atoms with Gasteiger partial charge in [-0.25, -0.2) is 0 Å². The van der Waals surface area contributed by atoms with E-state index in [2.05, 4.69) is 5.32 Å². The highest BCUT2D eigenvalue weighted by Crippen LogP contribution is 2.03. The SMILES string of the molecule is CCOC(=O)CCC(=O)NC(C)Cc1ccccc1. The normalized spacial score (nSPS) is 11.7. The van der Waals surface area contributed by atoms with Crippen LogP contribution in [0.15, 0.2) is 30.3 Å². The quantitative estimate of drug-likeness (QED) is 0.766. The number of rotatable bonds is 7. The first-order valence-electron chi connectivity index (χ1n) is 6.60. The minimum atomic E-state index is -0.326. The molecule has 0 aliphatic rings. The molecule has 0 saturated heterocycles. The Morgan fingerprint density at radius 1 is 1.21 bits per heavy atom. The maximum atomic E-state index is 11.6. The maximum Gasteiger partial charge on any atom is 0.306 e. The van der Waals surface area contributed by atoms with Crippen molar-refractivity contribution in [3.05, 3.63) is 35.9 Å². The summed E-state index contributed by atoms with van der Waals surface area (Å²) in [4.78, 5) is 22.8. The molecule has 0 fully saturated rings. The Kier molecular flexibility index (Phi) is 6.64. The monoisotopic (exact) mass is 263 g/mol. The molecule has 19 heavy (non-hydrogen) atoms. The van der Waals surface area contributed by atoms with Gasteiger partial charge in [-0.1, -0.05) is 30.3 Å². The van der Waals surface area contributed by atoms with E-state index in [1.54, 1.807) is 6.92 Å². The topological polar surface area (TPSA) is 55.4 Å². The Bertz CT molecular complexity index is 403. The molecule has 1 rings (SSSR count). The van der Waals surface area contributed by atoms with Crippen LogP contribution in [0.5, 0.6) is 0 Å². The molecule has 0 heterocycles. The van der Waals surface area contributed by atoms with Crippen molar-refractivity contribution in [1.82, 2.24) is 5.32 Å². The van der Waals surface area contributed by atoms with Crippen LogP contribution in [0.25, 0.3) is 0 Å². The summed E-state index contributed by atoms with van der Waals surface area (Å²) in [5, 5.41) is 2.88. The average molecular weight is 263 g/mol. The summed E-state index contributed by atoms with van der Waals surface area (Å²) in [6, 6.07) is 10.0. The van der Waals surface area contributed by atoms with Crippen molar-refractivity contribution < 1.29 is 14.3 Å². The summed E-state index contributed by atoms with van der Waals surface area (Å²) >= 11 is 0. The number of esters is 1. The third kappa shape index (κ3) is 6.60. The molecule has 0 aliphatic carbocycles. The molecule has 0 aliphatic heterocycles. The first-order valence-corrected chi connectivity index (χ1v) is 6.60. The summed E-state index contributed by atoms with van der Waals surface area (Å²) in [6.07, 6.45) is 1.10. The van der Waals surface area contributed by atoms with E-state index in [9.17, 15) is 9.59 Å². The molecular formula is C15H21NO3. The van der Waals surface area contributed by atoms with E-state index in [-0.39, 0.29) is 30.8 Å². The summed E-state index contributed by atoms with van der Waals surface area (Å²) in [5.41, 5.74) is 1.18. The van der Waals surface area contributed by atoms with Gasteiger partial charge in [0.1, 0.15) is 0 Å². The average Bonchev–Trinajstić information content (AvgIpc) is 2.38. The van der Waals surface area contributed by atoms with Gasteiger partial charge in [0.15, 0.2) is 0 Å². The number of nitrogens with one attached hydrogen (secondary N) is 1. The predicted octanol–water partition coefficient (Wildman–Crippen LogP) is 2.08. The fourth-order valence-electron chi connectivity index (χ4n) is 1.81. The lowest BCUT2D eigenvalue weighted by atomic mass is 10.1. The fourth-order valence-corrected chi connectivity index (χ4v) is 1.81. The first kappa shape index (κ1) is 15.2. The molecule has 1 unspecified atom stereocenters. The van der Waals surface area contributed by atoms with Gasteiger partial charge in [0, 0.05) is 12.5 Å². The van der Waals surface area contributed by atoms with Gasteiger partial charge in [0.2, 0.25) is 5.91 Å². The molecule has 1 atom stereocenters. The minimum Gasteiger partial charge on any atom is -0.466 e. The van der Waals surface area contributed by atoms with Gasteiger partial charge in [-0.2, -0.15) is 0 Å². The van der Waals surface area contributed by atoms with Crippen LogP contribution in [0.4, 0.5) is 0 Å². The summed E-state index contributed by atoms with van der Waals surface area (Å²) < 4.78 is 4.77. The van der Waals surface area contributed by atoms with Crippen LogP contribution in [-0.4, -0.2) is 24.5 Å². The highest BCUT2D eigenvalue weighted by atomic mass is 16.5. The van der Waals surface area contributed by atoms with Crippen molar-refractivity contribution in [2.24, 2.45) is 0 Å². The Labute approximate surface area is 114 Å². The molecule has 0 aromatic heterocycles. The zero-order chi connectivity index (χ0) is 14.1. The van der Waals surface area contributed by atoms with Crippen molar-refractivity contribution in [3.8, 4) is 0 Å². The minimum absolute atomic E-state index is 0.0529. The van der Waals surface area contributed by atoms with E-state index in [0.717, 1.165) is 6.42 Å². The van der Waals surface area contributed by atoms with Gasteiger partial charge in [-0.15, -0.1) is 0 Å². The van der Waals surface area contributed by atoms with Crippen LogP contribution in [0, 0.1) is 0 Å². The molecule has 1 amide bonds. The van der Waals surface area contributed by atoms with Crippen LogP contribution in [0.1, 0.15) is 32.3 Å². The summed E-state index contributed by atoms with van der Waals surface area (Å²) in [7, 11) is 0. The van der Waals surface area contributed by atoms with Crippen LogP contribution >= 0.6 is 0 Å². The lowest BCUT2D eigenvalue weighted by molar-refractivity contribution is -0.144. The second kappa shape index (κ2) is 8.29. The highest BCUT2D eigenvalue weighted by molar-refractivity contribution is 5.81. The molecule has 0 saturated carbocycles. The number of hydrogen-bond donors (Lipinski definition) is 1. The second-order valence-electron chi connectivity index (χ2n) is 4.46. The van der Waals surface area contributed by atoms with Gasteiger partial charge >= 0.3 is 5.97 Å². The maximum absolute atomic E-state index is 11.6. The van der Waals surface area contributed by atoms with E-state index < -0.39 is 0 Å². The second-order valence-corrected chi connectivity index (χ2v) is 4.46. The Balaban J connectivity index is 2.26. The predicted molar refractivity (Wildman–Crippen MR) is 73.6 cm³/mol. The summed E-state index contributed by atoms with van der Waals surface area (Å²) in [5.74, 6) is -0.440. The van der Waals surface area contributed by atoms with Gasteiger partial charge in [0.05, 0.1) is 13.0 Å². The van der Waals surface area contributed by atoms with Crippen molar-refractivity contribution >= 4 is 11.9 Å². The van der Waals surface area contributed by atoms with Crippen LogP contribution < -0.4 is 5.32 Å². The number of carbonyl (C=O) groups is 2. The van der Waals surface area contributed by atoms with Crippen molar-refractivity contribution in [3.63, 3.8) is 0 Å². The van der Waals surface area contributed by atoms with Gasteiger partial charge in [-0.3, -0.25) is 9.59 Å². The lowest BCUT2D eigenvalue weighted by Crippen LogP contribution is -2.34. The Hall–Kier alpha value is -1.84. The van der Waals surface area contributed by atoms with E-state index in [0.29, 0.717) is 6.61 Å². The van der Waals surface area contributed by atoms with Crippen LogP contribution in [-0.2, 0) is 20.7 Å². The van der Waals surface area contributed by atoms with E-state index in [1.807, 2.05) is 37.3 Å². The molecule has 4 nitrogen and oxygen atoms in total. The molecule has 0 bridgehead atoms. The Morgan fingerprint density at radius 3 is 2.53 bits per heavy atom. The Morgan fingerprint density at radius 2 is 1.89 bits per heavy atom. The van der Waals surface area contributed by atoms with Crippen LogP contribution in [0.2, 0.25) is 0 Å². The third-order valence-electron chi connectivity index (χ3n) is 2.65. The van der Waals surface area contributed by atoms with Gasteiger partial charge in [0.25, 0.3) is 0 Å². The van der Waals surface area contributed by atoms with Crippen molar-refractivity contribution in [2.45, 2.75) is 39.2 Å². The lowest BCUT2D eigenvalue weighted by Gasteiger charge is -2.13. The first-order chi connectivity index (χ1) is 9.11. The molecule has 4 heteroatoms. The zero-order valence-electron chi connectivity index (χ0n) is 11.5. The summed E-state index contributed by atoms with van der Waals surface area (Å²) in [6.45, 7) is 4.06. The molecule has 0 radical (unpaired) electrons. The highest BCUT2D eigenvalue weighted by Gasteiger charge is 2.10. The van der Waals surface area contributed by atoms with Gasteiger partial charge in [-0.05, 0) is 25.8 Å². The number of hydrogen-bond acceptors (Lipinski definition) is 3. The van der Waals surface area contributed by atoms with Crippen molar-refractivity contribution in [2.75, 3.05) is 6.61 Å². The third-order valence-corrected chi connectivity index (χ3v) is 2.65. The molecule has 1 aromatic carbocycles. The molecular weight excluding hydrogens is 242 g/mol. The molecule has 1 N–H and O–H groups in total. The number of benzene rings is 1. The fraction of sp³-hybridized carbons (Fsp3) is 0.467. The number of ether oxygens (including phenoxy) is 1. The zero-order valence-corrected chi connectivity index (χ0v) is 11.5. The van der Waals surface area contributed by atoms with E-state index in [4.69, 9.17) is 4.74 Å². The largest absolute Gasteiger partial charge is 0.466 e.